The first kappa shape index (κ1) is 19.5. The topological polar surface area (TPSA) is 57.9 Å². The van der Waals surface area contributed by atoms with Crippen LogP contribution in [0.15, 0.2) is 63.3 Å². The van der Waals surface area contributed by atoms with E-state index in [1.165, 1.54) is 11.6 Å². The summed E-state index contributed by atoms with van der Waals surface area (Å²) < 4.78 is 22.2. The molecule has 1 heterocycles. The molecule has 0 unspecified atom stereocenters. The number of rotatable bonds is 7. The number of benzene rings is 2. The predicted octanol–water partition coefficient (Wildman–Crippen LogP) is 4.90. The summed E-state index contributed by atoms with van der Waals surface area (Å²) in [4.78, 5) is 11.8. The third-order valence-electron chi connectivity index (χ3n) is 4.37. The number of ether oxygens (including phenoxy) is 3. The van der Waals surface area contributed by atoms with Crippen LogP contribution in [-0.4, -0.2) is 14.2 Å². The summed E-state index contributed by atoms with van der Waals surface area (Å²) >= 11 is 0. The predicted molar refractivity (Wildman–Crippen MR) is 109 cm³/mol. The zero-order valence-electron chi connectivity index (χ0n) is 16.6. The summed E-state index contributed by atoms with van der Waals surface area (Å²) in [5.41, 5.74) is 3.13. The first-order valence-electron chi connectivity index (χ1n) is 9.04. The lowest BCUT2D eigenvalue weighted by atomic mass is 10.1. The molecule has 0 atom stereocenters. The lowest BCUT2D eigenvalue weighted by Crippen LogP contribution is -2.02. The minimum Gasteiger partial charge on any atom is -0.497 e. The maximum atomic E-state index is 11.8. The molecule has 0 saturated carbocycles. The van der Waals surface area contributed by atoms with Crippen molar-refractivity contribution in [2.45, 2.75) is 26.9 Å². The summed E-state index contributed by atoms with van der Waals surface area (Å²) in [5.74, 6) is 2.08. The van der Waals surface area contributed by atoms with Gasteiger partial charge in [0.2, 0.25) is 0 Å². The van der Waals surface area contributed by atoms with E-state index in [2.05, 4.69) is 6.08 Å². The Hall–Kier alpha value is -3.21. The Kier molecular flexibility index (Phi) is 6.04. The van der Waals surface area contributed by atoms with E-state index in [-0.39, 0.29) is 5.63 Å². The van der Waals surface area contributed by atoms with E-state index >= 15 is 0 Å². The van der Waals surface area contributed by atoms with Crippen LogP contribution in [-0.2, 0) is 13.0 Å². The normalized spacial score (nSPS) is 10.6. The summed E-state index contributed by atoms with van der Waals surface area (Å²) in [5, 5.41) is 0.868. The van der Waals surface area contributed by atoms with Gasteiger partial charge < -0.3 is 18.6 Å². The average molecular weight is 380 g/mol. The number of fused-ring (bicyclic) bond motifs is 1. The molecule has 0 saturated heterocycles. The Labute approximate surface area is 164 Å². The van der Waals surface area contributed by atoms with Gasteiger partial charge >= 0.3 is 5.63 Å². The third-order valence-corrected chi connectivity index (χ3v) is 4.37. The van der Waals surface area contributed by atoms with Crippen molar-refractivity contribution in [3.05, 3.63) is 75.7 Å². The monoisotopic (exact) mass is 380 g/mol. The van der Waals surface area contributed by atoms with E-state index in [0.29, 0.717) is 35.9 Å². The van der Waals surface area contributed by atoms with Gasteiger partial charge in [0.05, 0.1) is 14.2 Å². The van der Waals surface area contributed by atoms with Crippen molar-refractivity contribution in [1.29, 1.82) is 0 Å². The van der Waals surface area contributed by atoms with Gasteiger partial charge in [0.15, 0.2) is 0 Å². The second kappa shape index (κ2) is 8.65. The lowest BCUT2D eigenvalue weighted by molar-refractivity contribution is 0.301. The van der Waals surface area contributed by atoms with Crippen LogP contribution in [0.1, 0.15) is 25.0 Å². The van der Waals surface area contributed by atoms with Crippen molar-refractivity contribution in [3.8, 4) is 17.2 Å². The van der Waals surface area contributed by atoms with Gasteiger partial charge in [-0.1, -0.05) is 11.6 Å². The van der Waals surface area contributed by atoms with Gasteiger partial charge in [-0.05, 0) is 56.2 Å². The Balaban J connectivity index is 1.97. The molecule has 3 aromatic rings. The van der Waals surface area contributed by atoms with Gasteiger partial charge in [-0.25, -0.2) is 4.79 Å². The zero-order chi connectivity index (χ0) is 20.1. The van der Waals surface area contributed by atoms with Crippen LogP contribution >= 0.6 is 0 Å². The van der Waals surface area contributed by atoms with Gasteiger partial charge in [0.1, 0.15) is 29.4 Å². The molecule has 0 aliphatic heterocycles. The van der Waals surface area contributed by atoms with Crippen LogP contribution in [0.25, 0.3) is 11.0 Å². The van der Waals surface area contributed by atoms with Gasteiger partial charge in [0, 0.05) is 23.1 Å². The number of hydrogen-bond donors (Lipinski definition) is 0. The smallest absolute Gasteiger partial charge is 0.336 e. The average Bonchev–Trinajstić information content (AvgIpc) is 2.70. The fourth-order valence-corrected chi connectivity index (χ4v) is 2.92. The molecule has 5 nitrogen and oxygen atoms in total. The van der Waals surface area contributed by atoms with Crippen molar-refractivity contribution in [3.63, 3.8) is 0 Å². The largest absolute Gasteiger partial charge is 0.497 e. The van der Waals surface area contributed by atoms with E-state index in [1.54, 1.807) is 20.3 Å². The van der Waals surface area contributed by atoms with Crippen LogP contribution in [0, 0.1) is 0 Å². The molecule has 2 aromatic carbocycles. The van der Waals surface area contributed by atoms with E-state index in [1.807, 2.05) is 44.2 Å². The molecule has 3 rings (SSSR count). The van der Waals surface area contributed by atoms with Gasteiger partial charge in [-0.15, -0.1) is 0 Å². The molecule has 0 fully saturated rings. The van der Waals surface area contributed by atoms with Crippen molar-refractivity contribution in [2.24, 2.45) is 0 Å². The van der Waals surface area contributed by atoms with E-state index < -0.39 is 0 Å². The van der Waals surface area contributed by atoms with Crippen molar-refractivity contribution >= 4 is 11.0 Å². The molecule has 5 heteroatoms. The molecule has 0 aliphatic carbocycles. The quantitative estimate of drug-likeness (QED) is 0.431. The molecule has 28 heavy (non-hydrogen) atoms. The first-order valence-corrected chi connectivity index (χ1v) is 9.04. The van der Waals surface area contributed by atoms with Gasteiger partial charge in [-0.2, -0.15) is 0 Å². The van der Waals surface area contributed by atoms with Crippen LogP contribution in [0.5, 0.6) is 17.2 Å². The summed E-state index contributed by atoms with van der Waals surface area (Å²) in [6, 6.07) is 12.6. The van der Waals surface area contributed by atoms with Crippen molar-refractivity contribution in [1.82, 2.24) is 0 Å². The highest BCUT2D eigenvalue weighted by atomic mass is 16.5. The Morgan fingerprint density at radius 1 is 1.00 bits per heavy atom. The molecule has 0 aliphatic rings. The molecule has 0 radical (unpaired) electrons. The van der Waals surface area contributed by atoms with Gasteiger partial charge in [0.25, 0.3) is 0 Å². The van der Waals surface area contributed by atoms with Crippen molar-refractivity contribution < 1.29 is 18.6 Å². The highest BCUT2D eigenvalue weighted by molar-refractivity contribution is 5.82. The van der Waals surface area contributed by atoms with Crippen LogP contribution in [0.4, 0.5) is 0 Å². The Bertz CT molecular complexity index is 1040. The second-order valence-corrected chi connectivity index (χ2v) is 6.71. The van der Waals surface area contributed by atoms with E-state index in [0.717, 1.165) is 16.5 Å². The highest BCUT2D eigenvalue weighted by Crippen LogP contribution is 2.30. The minimum atomic E-state index is -0.374. The SMILES string of the molecule is COc1cc(COc2ccc3ccc(=O)oc3c2CC=C(C)C)cc(OC)c1. The van der Waals surface area contributed by atoms with E-state index in [4.69, 9.17) is 18.6 Å². The molecule has 0 amide bonds. The maximum Gasteiger partial charge on any atom is 0.336 e. The Morgan fingerprint density at radius 3 is 2.32 bits per heavy atom. The minimum absolute atomic E-state index is 0.331. The molecule has 0 N–H and O–H groups in total. The summed E-state index contributed by atoms with van der Waals surface area (Å²) in [6.07, 6.45) is 2.70. The fourth-order valence-electron chi connectivity index (χ4n) is 2.92. The number of methoxy groups -OCH3 is 2. The highest BCUT2D eigenvalue weighted by Gasteiger charge is 2.12. The molecular formula is C23H24O5. The molecule has 0 bridgehead atoms. The lowest BCUT2D eigenvalue weighted by Gasteiger charge is -2.14. The van der Waals surface area contributed by atoms with Crippen LogP contribution < -0.4 is 19.8 Å². The molecule has 1 aromatic heterocycles. The standard InChI is InChI=1S/C23H24O5/c1-15(2)5-8-20-21(9-6-17-7-10-22(24)28-23(17)20)27-14-16-11-18(25-3)13-19(12-16)26-4/h5-7,9-13H,8,14H2,1-4H3. The van der Waals surface area contributed by atoms with Crippen molar-refractivity contribution in [2.75, 3.05) is 14.2 Å². The maximum absolute atomic E-state index is 11.8. The zero-order valence-corrected chi connectivity index (χ0v) is 16.6. The van der Waals surface area contributed by atoms with Crippen LogP contribution in [0.2, 0.25) is 0 Å². The molecule has 0 spiro atoms. The summed E-state index contributed by atoms with van der Waals surface area (Å²) in [6.45, 7) is 4.40. The fraction of sp³-hybridized carbons (Fsp3) is 0.261. The van der Waals surface area contributed by atoms with Crippen LogP contribution in [0.3, 0.4) is 0 Å². The van der Waals surface area contributed by atoms with Gasteiger partial charge in [-0.3, -0.25) is 0 Å². The molecule has 146 valence electrons. The second-order valence-electron chi connectivity index (χ2n) is 6.71. The summed E-state index contributed by atoms with van der Waals surface area (Å²) in [7, 11) is 3.23. The van der Waals surface area contributed by atoms with E-state index in [9.17, 15) is 4.79 Å². The molecular weight excluding hydrogens is 356 g/mol. The third kappa shape index (κ3) is 4.55. The Morgan fingerprint density at radius 2 is 1.68 bits per heavy atom. The first-order chi connectivity index (χ1) is 13.5. The number of hydrogen-bond acceptors (Lipinski definition) is 5. The number of allylic oxidation sites excluding steroid dienone is 2.